The molecule has 0 saturated carbocycles. The van der Waals surface area contributed by atoms with Crippen LogP contribution in [0.15, 0.2) is 18.2 Å². The molecule has 0 radical (unpaired) electrons. The predicted octanol–water partition coefficient (Wildman–Crippen LogP) is 1.15. The Hall–Kier alpha value is -0.620. The van der Waals surface area contributed by atoms with Crippen molar-refractivity contribution >= 4 is 22.4 Å². The Bertz CT molecular complexity index is 488. The second kappa shape index (κ2) is 5.82. The molecule has 1 heterocycles. The van der Waals surface area contributed by atoms with Gasteiger partial charge in [-0.1, -0.05) is 18.2 Å². The minimum atomic E-state index is -3.10. The molecule has 0 fully saturated rings. The SMILES string of the molecule is CCS(=O)(=O)NCc1ccc2c(c1)CNC2.Cl. The molecular formula is C11H17ClN2O2S. The number of halogens is 1. The van der Waals surface area contributed by atoms with E-state index in [0.717, 1.165) is 18.7 Å². The van der Waals surface area contributed by atoms with Gasteiger partial charge in [0.25, 0.3) is 0 Å². The first-order valence-electron chi connectivity index (χ1n) is 5.39. The Morgan fingerprint density at radius 3 is 2.71 bits per heavy atom. The van der Waals surface area contributed by atoms with E-state index in [4.69, 9.17) is 0 Å². The first-order chi connectivity index (χ1) is 7.61. The molecule has 0 spiro atoms. The molecule has 0 aliphatic carbocycles. The van der Waals surface area contributed by atoms with E-state index in [9.17, 15) is 8.42 Å². The van der Waals surface area contributed by atoms with Gasteiger partial charge in [-0.25, -0.2) is 13.1 Å². The third-order valence-corrected chi connectivity index (χ3v) is 4.12. The molecule has 1 aromatic rings. The van der Waals surface area contributed by atoms with Gasteiger partial charge in [-0.05, 0) is 23.6 Å². The number of rotatable bonds is 4. The lowest BCUT2D eigenvalue weighted by Crippen LogP contribution is -2.24. The summed E-state index contributed by atoms with van der Waals surface area (Å²) in [7, 11) is -3.10. The number of fused-ring (bicyclic) bond motifs is 1. The molecule has 0 unspecified atom stereocenters. The molecule has 2 rings (SSSR count). The summed E-state index contributed by atoms with van der Waals surface area (Å²) in [5.74, 6) is 0.125. The van der Waals surface area contributed by atoms with Crippen molar-refractivity contribution in [1.29, 1.82) is 0 Å². The molecule has 0 amide bonds. The lowest BCUT2D eigenvalue weighted by molar-refractivity contribution is 0.582. The van der Waals surface area contributed by atoms with Gasteiger partial charge >= 0.3 is 0 Å². The highest BCUT2D eigenvalue weighted by Crippen LogP contribution is 2.16. The molecule has 0 bridgehead atoms. The van der Waals surface area contributed by atoms with Gasteiger partial charge in [0.1, 0.15) is 0 Å². The molecule has 6 heteroatoms. The van der Waals surface area contributed by atoms with Crippen LogP contribution in [-0.4, -0.2) is 14.2 Å². The minimum absolute atomic E-state index is 0. The Balaban J connectivity index is 0.00000144. The normalized spacial score (nSPS) is 14.2. The van der Waals surface area contributed by atoms with Crippen LogP contribution < -0.4 is 10.0 Å². The summed E-state index contributed by atoms with van der Waals surface area (Å²) < 4.78 is 25.1. The Labute approximate surface area is 108 Å². The Morgan fingerprint density at radius 2 is 2.00 bits per heavy atom. The Morgan fingerprint density at radius 1 is 1.29 bits per heavy atom. The predicted molar refractivity (Wildman–Crippen MR) is 70.5 cm³/mol. The van der Waals surface area contributed by atoms with Crippen molar-refractivity contribution in [1.82, 2.24) is 10.0 Å². The van der Waals surface area contributed by atoms with Crippen LogP contribution >= 0.6 is 12.4 Å². The standard InChI is InChI=1S/C11H16N2O2S.ClH/c1-2-16(14,15)13-6-9-3-4-10-7-12-8-11(10)5-9;/h3-5,12-13H,2,6-8H2,1H3;1H. The molecule has 0 aromatic heterocycles. The van der Waals surface area contributed by atoms with Crippen LogP contribution in [0.5, 0.6) is 0 Å². The maximum absolute atomic E-state index is 11.3. The number of sulfonamides is 1. The molecule has 4 nitrogen and oxygen atoms in total. The van der Waals surface area contributed by atoms with Crippen molar-refractivity contribution in [2.24, 2.45) is 0 Å². The van der Waals surface area contributed by atoms with Gasteiger partial charge in [0.2, 0.25) is 10.0 Å². The molecule has 17 heavy (non-hydrogen) atoms. The van der Waals surface area contributed by atoms with Crippen LogP contribution in [-0.2, 0) is 29.7 Å². The summed E-state index contributed by atoms with van der Waals surface area (Å²) >= 11 is 0. The fourth-order valence-electron chi connectivity index (χ4n) is 1.75. The van der Waals surface area contributed by atoms with Crippen molar-refractivity contribution in [3.8, 4) is 0 Å². The van der Waals surface area contributed by atoms with Crippen molar-refractivity contribution < 1.29 is 8.42 Å². The average molecular weight is 277 g/mol. The Kier molecular flexibility index (Phi) is 4.94. The van der Waals surface area contributed by atoms with Crippen molar-refractivity contribution in [2.45, 2.75) is 26.6 Å². The van der Waals surface area contributed by atoms with E-state index in [1.165, 1.54) is 11.1 Å². The molecule has 2 N–H and O–H groups in total. The van der Waals surface area contributed by atoms with Gasteiger partial charge < -0.3 is 5.32 Å². The molecule has 1 aliphatic heterocycles. The van der Waals surface area contributed by atoms with Crippen LogP contribution in [0, 0.1) is 0 Å². The lowest BCUT2D eigenvalue weighted by Gasteiger charge is -2.06. The molecular weight excluding hydrogens is 260 g/mol. The highest BCUT2D eigenvalue weighted by atomic mass is 35.5. The number of nitrogens with one attached hydrogen (secondary N) is 2. The fraction of sp³-hybridized carbons (Fsp3) is 0.455. The second-order valence-electron chi connectivity index (χ2n) is 3.93. The summed E-state index contributed by atoms with van der Waals surface area (Å²) in [6, 6.07) is 6.10. The van der Waals surface area contributed by atoms with Gasteiger partial charge in [0.05, 0.1) is 5.75 Å². The van der Waals surface area contributed by atoms with Crippen LogP contribution in [0.3, 0.4) is 0 Å². The first-order valence-corrected chi connectivity index (χ1v) is 7.04. The molecule has 1 aromatic carbocycles. The van der Waals surface area contributed by atoms with Crippen LogP contribution in [0.1, 0.15) is 23.6 Å². The van der Waals surface area contributed by atoms with Gasteiger partial charge in [-0.3, -0.25) is 0 Å². The number of hydrogen-bond acceptors (Lipinski definition) is 3. The van der Waals surface area contributed by atoms with E-state index in [1.54, 1.807) is 6.92 Å². The molecule has 0 atom stereocenters. The third-order valence-electron chi connectivity index (χ3n) is 2.78. The zero-order valence-corrected chi connectivity index (χ0v) is 11.3. The highest BCUT2D eigenvalue weighted by Gasteiger charge is 2.11. The van der Waals surface area contributed by atoms with E-state index < -0.39 is 10.0 Å². The average Bonchev–Trinajstić information content (AvgIpc) is 2.73. The lowest BCUT2D eigenvalue weighted by atomic mass is 10.1. The molecule has 96 valence electrons. The summed E-state index contributed by atoms with van der Waals surface area (Å²) in [5.41, 5.74) is 3.59. The van der Waals surface area contributed by atoms with Gasteiger partial charge in [0.15, 0.2) is 0 Å². The summed E-state index contributed by atoms with van der Waals surface area (Å²) in [6.45, 7) is 3.80. The van der Waals surface area contributed by atoms with Crippen molar-refractivity contribution in [3.63, 3.8) is 0 Å². The van der Waals surface area contributed by atoms with E-state index >= 15 is 0 Å². The number of hydrogen-bond donors (Lipinski definition) is 2. The van der Waals surface area contributed by atoms with Crippen molar-refractivity contribution in [2.75, 3.05) is 5.75 Å². The minimum Gasteiger partial charge on any atom is -0.309 e. The van der Waals surface area contributed by atoms with Crippen LogP contribution in [0.2, 0.25) is 0 Å². The molecule has 0 saturated heterocycles. The fourth-order valence-corrected chi connectivity index (χ4v) is 2.34. The van der Waals surface area contributed by atoms with E-state index in [2.05, 4.69) is 22.2 Å². The van der Waals surface area contributed by atoms with Crippen LogP contribution in [0.25, 0.3) is 0 Å². The topological polar surface area (TPSA) is 58.2 Å². The molecule has 1 aliphatic rings. The highest BCUT2D eigenvalue weighted by molar-refractivity contribution is 7.89. The van der Waals surface area contributed by atoms with Gasteiger partial charge in [-0.2, -0.15) is 0 Å². The van der Waals surface area contributed by atoms with Gasteiger partial charge in [-0.15, -0.1) is 12.4 Å². The largest absolute Gasteiger partial charge is 0.309 e. The van der Waals surface area contributed by atoms with E-state index in [-0.39, 0.29) is 18.2 Å². The maximum atomic E-state index is 11.3. The smallest absolute Gasteiger partial charge is 0.211 e. The first kappa shape index (κ1) is 14.4. The third kappa shape index (κ3) is 3.67. The summed E-state index contributed by atoms with van der Waals surface area (Å²) in [5, 5.41) is 3.26. The second-order valence-corrected chi connectivity index (χ2v) is 6.03. The van der Waals surface area contributed by atoms with Crippen LogP contribution in [0.4, 0.5) is 0 Å². The van der Waals surface area contributed by atoms with E-state index in [1.807, 2.05) is 6.07 Å². The maximum Gasteiger partial charge on any atom is 0.211 e. The summed E-state index contributed by atoms with van der Waals surface area (Å²) in [6.07, 6.45) is 0. The quantitative estimate of drug-likeness (QED) is 0.867. The van der Waals surface area contributed by atoms with Crippen molar-refractivity contribution in [3.05, 3.63) is 34.9 Å². The zero-order valence-electron chi connectivity index (χ0n) is 9.69. The summed E-state index contributed by atoms with van der Waals surface area (Å²) in [4.78, 5) is 0. The van der Waals surface area contributed by atoms with Gasteiger partial charge in [0, 0.05) is 19.6 Å². The zero-order chi connectivity index (χ0) is 11.6. The number of benzene rings is 1. The van der Waals surface area contributed by atoms with E-state index in [0.29, 0.717) is 6.54 Å². The monoisotopic (exact) mass is 276 g/mol.